The molecule has 4 nitrogen and oxygen atoms in total. The van der Waals surface area contributed by atoms with E-state index in [0.29, 0.717) is 4.88 Å². The van der Waals surface area contributed by atoms with Gasteiger partial charge in [-0.05, 0) is 68.2 Å². The Balaban J connectivity index is 1.38. The molecule has 0 saturated carbocycles. The van der Waals surface area contributed by atoms with Crippen LogP contribution < -0.4 is 5.32 Å². The van der Waals surface area contributed by atoms with Crippen molar-refractivity contribution >= 4 is 23.2 Å². The van der Waals surface area contributed by atoms with E-state index in [-0.39, 0.29) is 11.9 Å². The van der Waals surface area contributed by atoms with Crippen LogP contribution in [0.5, 0.6) is 0 Å². The maximum atomic E-state index is 12.5. The summed E-state index contributed by atoms with van der Waals surface area (Å²) in [6, 6.07) is 10.2. The first-order valence-corrected chi connectivity index (χ1v) is 10.1. The molecule has 136 valence electrons. The van der Waals surface area contributed by atoms with E-state index in [0.717, 1.165) is 38.5 Å². The Labute approximate surface area is 157 Å². The number of thiophene rings is 1. The average molecular weight is 369 g/mol. The Morgan fingerprint density at radius 1 is 1.15 bits per heavy atom. The number of ether oxygens (including phenoxy) is 1. The molecule has 2 aliphatic carbocycles. The number of benzene rings is 1. The summed E-state index contributed by atoms with van der Waals surface area (Å²) in [5.41, 5.74) is 3.74. The number of carbonyl (C=O) groups excluding carboxylic acids is 2. The van der Waals surface area contributed by atoms with Crippen LogP contribution in [0.15, 0.2) is 30.3 Å². The van der Waals surface area contributed by atoms with Crippen molar-refractivity contribution in [1.29, 1.82) is 0 Å². The van der Waals surface area contributed by atoms with Crippen molar-refractivity contribution in [3.8, 4) is 0 Å². The topological polar surface area (TPSA) is 55.4 Å². The third kappa shape index (κ3) is 3.40. The molecule has 4 rings (SSSR count). The minimum Gasteiger partial charge on any atom is -0.448 e. The molecule has 2 aromatic rings. The summed E-state index contributed by atoms with van der Waals surface area (Å²) in [6.45, 7) is 1.64. The smallest absolute Gasteiger partial charge is 0.349 e. The second-order valence-electron chi connectivity index (χ2n) is 7.11. The normalized spacial score (nSPS) is 19.3. The lowest BCUT2D eigenvalue weighted by molar-refractivity contribution is -0.130. The maximum Gasteiger partial charge on any atom is 0.349 e. The van der Waals surface area contributed by atoms with Gasteiger partial charge in [0, 0.05) is 4.88 Å². The highest BCUT2D eigenvalue weighted by molar-refractivity contribution is 7.14. The van der Waals surface area contributed by atoms with Gasteiger partial charge in [0.25, 0.3) is 5.91 Å². The van der Waals surface area contributed by atoms with Crippen LogP contribution in [0, 0.1) is 0 Å². The second-order valence-corrected chi connectivity index (χ2v) is 8.25. The van der Waals surface area contributed by atoms with Crippen molar-refractivity contribution in [1.82, 2.24) is 5.32 Å². The van der Waals surface area contributed by atoms with Crippen LogP contribution in [-0.4, -0.2) is 18.0 Å². The molecule has 2 aliphatic rings. The SMILES string of the molecule is C[C@@H](OC(=O)c1cc2c(s1)CCC2)C(=O)N[C@H]1CCCc2ccccc21. The first-order valence-electron chi connectivity index (χ1n) is 9.32. The van der Waals surface area contributed by atoms with Crippen molar-refractivity contribution < 1.29 is 14.3 Å². The number of hydrogen-bond acceptors (Lipinski definition) is 4. The number of carbonyl (C=O) groups is 2. The Morgan fingerprint density at radius 2 is 1.96 bits per heavy atom. The lowest BCUT2D eigenvalue weighted by Gasteiger charge is -2.27. The summed E-state index contributed by atoms with van der Waals surface area (Å²) in [6.07, 6.45) is 5.47. The highest BCUT2D eigenvalue weighted by atomic mass is 32.1. The largest absolute Gasteiger partial charge is 0.448 e. The number of esters is 1. The van der Waals surface area contributed by atoms with E-state index in [9.17, 15) is 9.59 Å². The number of fused-ring (bicyclic) bond motifs is 2. The maximum absolute atomic E-state index is 12.5. The molecule has 1 heterocycles. The Morgan fingerprint density at radius 3 is 2.81 bits per heavy atom. The molecule has 0 saturated heterocycles. The molecule has 0 radical (unpaired) electrons. The lowest BCUT2D eigenvalue weighted by Crippen LogP contribution is -2.39. The first-order chi connectivity index (χ1) is 12.6. The number of aryl methyl sites for hydroxylation is 3. The van der Waals surface area contributed by atoms with Crippen LogP contribution in [0.25, 0.3) is 0 Å². The fourth-order valence-electron chi connectivity index (χ4n) is 3.89. The third-order valence-corrected chi connectivity index (χ3v) is 6.50. The molecule has 2 atom stereocenters. The van der Waals surface area contributed by atoms with Gasteiger partial charge in [-0.15, -0.1) is 11.3 Å². The Bertz CT molecular complexity index is 820. The summed E-state index contributed by atoms with van der Waals surface area (Å²) in [7, 11) is 0. The Hall–Kier alpha value is -2.14. The molecule has 1 amide bonds. The van der Waals surface area contributed by atoms with E-state index >= 15 is 0 Å². The predicted octanol–water partition coefficient (Wildman–Crippen LogP) is 3.98. The summed E-state index contributed by atoms with van der Waals surface area (Å²) < 4.78 is 5.42. The molecule has 0 bridgehead atoms. The van der Waals surface area contributed by atoms with Gasteiger partial charge in [-0.1, -0.05) is 24.3 Å². The van der Waals surface area contributed by atoms with Crippen molar-refractivity contribution in [2.45, 2.75) is 57.6 Å². The average Bonchev–Trinajstić information content (AvgIpc) is 3.24. The van der Waals surface area contributed by atoms with Crippen LogP contribution >= 0.6 is 11.3 Å². The lowest BCUT2D eigenvalue weighted by atomic mass is 9.87. The molecule has 0 aliphatic heterocycles. The first kappa shape index (κ1) is 17.3. The van der Waals surface area contributed by atoms with E-state index in [1.165, 1.54) is 32.9 Å². The van der Waals surface area contributed by atoms with Gasteiger partial charge in [0.05, 0.1) is 6.04 Å². The van der Waals surface area contributed by atoms with Crippen LogP contribution in [0.1, 0.15) is 63.5 Å². The van der Waals surface area contributed by atoms with Gasteiger partial charge < -0.3 is 10.1 Å². The quantitative estimate of drug-likeness (QED) is 0.830. The highest BCUT2D eigenvalue weighted by Crippen LogP contribution is 2.31. The third-order valence-electron chi connectivity index (χ3n) is 5.29. The zero-order valence-electron chi connectivity index (χ0n) is 14.9. The summed E-state index contributed by atoms with van der Waals surface area (Å²) in [5.74, 6) is -0.625. The number of rotatable bonds is 4. The van der Waals surface area contributed by atoms with E-state index in [1.54, 1.807) is 6.92 Å². The molecule has 1 N–H and O–H groups in total. The van der Waals surface area contributed by atoms with E-state index < -0.39 is 12.1 Å². The van der Waals surface area contributed by atoms with E-state index in [4.69, 9.17) is 4.74 Å². The van der Waals surface area contributed by atoms with Gasteiger partial charge in [-0.3, -0.25) is 4.79 Å². The van der Waals surface area contributed by atoms with Crippen LogP contribution in [-0.2, 0) is 28.8 Å². The van der Waals surface area contributed by atoms with Gasteiger partial charge in [0.15, 0.2) is 6.10 Å². The standard InChI is InChI=1S/C21H23NO3S/c1-13(25-21(24)19-12-15-8-5-11-18(15)26-19)20(23)22-17-10-4-7-14-6-2-3-9-16(14)17/h2-3,6,9,12-13,17H,4-5,7-8,10-11H2,1H3,(H,22,23)/t13-,17+/m1/s1. The van der Waals surface area contributed by atoms with Crippen molar-refractivity contribution in [3.05, 3.63) is 56.8 Å². The number of amides is 1. The van der Waals surface area contributed by atoms with Gasteiger partial charge >= 0.3 is 5.97 Å². The Kier molecular flexibility index (Phi) is 4.81. The molecule has 26 heavy (non-hydrogen) atoms. The van der Waals surface area contributed by atoms with Gasteiger partial charge in [-0.2, -0.15) is 0 Å². The zero-order chi connectivity index (χ0) is 18.1. The van der Waals surface area contributed by atoms with E-state index in [1.807, 2.05) is 18.2 Å². The minimum atomic E-state index is -0.798. The minimum absolute atomic E-state index is 0.000795. The molecule has 1 aromatic heterocycles. The summed E-state index contributed by atoms with van der Waals surface area (Å²) >= 11 is 1.50. The van der Waals surface area contributed by atoms with E-state index in [2.05, 4.69) is 17.4 Å². The monoisotopic (exact) mass is 369 g/mol. The molecule has 1 aromatic carbocycles. The predicted molar refractivity (Wildman–Crippen MR) is 101 cm³/mol. The van der Waals surface area contributed by atoms with Crippen LogP contribution in [0.2, 0.25) is 0 Å². The van der Waals surface area contributed by atoms with Crippen molar-refractivity contribution in [2.75, 3.05) is 0 Å². The summed E-state index contributed by atoms with van der Waals surface area (Å²) in [4.78, 5) is 26.8. The molecule has 5 heteroatoms. The number of hydrogen-bond donors (Lipinski definition) is 1. The number of nitrogens with one attached hydrogen (secondary N) is 1. The molecular formula is C21H23NO3S. The van der Waals surface area contributed by atoms with Crippen LogP contribution in [0.3, 0.4) is 0 Å². The highest BCUT2D eigenvalue weighted by Gasteiger charge is 2.27. The molecule has 0 spiro atoms. The fraction of sp³-hybridized carbons (Fsp3) is 0.429. The van der Waals surface area contributed by atoms with Crippen LogP contribution in [0.4, 0.5) is 0 Å². The van der Waals surface area contributed by atoms with Gasteiger partial charge in [0.1, 0.15) is 4.88 Å². The molecule has 0 unspecified atom stereocenters. The van der Waals surface area contributed by atoms with Crippen molar-refractivity contribution in [2.24, 2.45) is 0 Å². The molecular weight excluding hydrogens is 346 g/mol. The van der Waals surface area contributed by atoms with Crippen molar-refractivity contribution in [3.63, 3.8) is 0 Å². The summed E-state index contributed by atoms with van der Waals surface area (Å²) in [5, 5.41) is 3.06. The fourth-order valence-corrected chi connectivity index (χ4v) is 5.03. The zero-order valence-corrected chi connectivity index (χ0v) is 15.7. The second kappa shape index (κ2) is 7.23. The van der Waals surface area contributed by atoms with Gasteiger partial charge in [-0.25, -0.2) is 4.79 Å². The molecule has 0 fully saturated rings. The van der Waals surface area contributed by atoms with Gasteiger partial charge in [0.2, 0.25) is 0 Å².